The Bertz CT molecular complexity index is 1070. The average molecular weight is 425 g/mol. The Morgan fingerprint density at radius 1 is 0.677 bits per heavy atom. The van der Waals surface area contributed by atoms with Gasteiger partial charge < -0.3 is 14.2 Å². The van der Waals surface area contributed by atoms with Crippen molar-refractivity contribution in [2.24, 2.45) is 0 Å². The summed E-state index contributed by atoms with van der Waals surface area (Å²) in [7, 11) is -0.538. The summed E-state index contributed by atoms with van der Waals surface area (Å²) in [6.45, 7) is 7.91. The first-order valence-corrected chi connectivity index (χ1v) is 10.0. The van der Waals surface area contributed by atoms with E-state index in [-0.39, 0.29) is 5.69 Å². The van der Waals surface area contributed by atoms with Crippen LogP contribution in [0.1, 0.15) is 27.7 Å². The van der Waals surface area contributed by atoms with Crippen LogP contribution in [0.4, 0.5) is 30.2 Å². The number of benzene rings is 3. The maximum Gasteiger partial charge on any atom is 0.494 e. The molecule has 0 aliphatic carbocycles. The standard InChI is InChI=1S/C24H23BF3NO2/c1-23(2)24(3,4)31-25(30-23)16-10-12-18(13-11-16)29(17-8-6-5-7-9-17)20-15-14-19(26)21(27)22(20)28/h5-15H,1-4H3. The average Bonchev–Trinajstić information content (AvgIpc) is 2.96. The summed E-state index contributed by atoms with van der Waals surface area (Å²) in [6, 6.07) is 18.3. The fraction of sp³-hybridized carbons (Fsp3) is 0.250. The number of nitrogens with zero attached hydrogens (tertiary/aromatic N) is 1. The van der Waals surface area contributed by atoms with Crippen LogP contribution in [-0.2, 0) is 9.31 Å². The molecule has 3 nitrogen and oxygen atoms in total. The van der Waals surface area contributed by atoms with Crippen molar-refractivity contribution >= 4 is 29.6 Å². The van der Waals surface area contributed by atoms with E-state index < -0.39 is 35.8 Å². The second kappa shape index (κ2) is 7.73. The molecule has 1 aliphatic heterocycles. The van der Waals surface area contributed by atoms with Gasteiger partial charge in [0.25, 0.3) is 0 Å². The highest BCUT2D eigenvalue weighted by molar-refractivity contribution is 6.62. The van der Waals surface area contributed by atoms with Crippen molar-refractivity contribution in [1.29, 1.82) is 0 Å². The fourth-order valence-corrected chi connectivity index (χ4v) is 3.45. The summed E-state index contributed by atoms with van der Waals surface area (Å²) < 4.78 is 54.3. The van der Waals surface area contributed by atoms with E-state index in [4.69, 9.17) is 9.31 Å². The summed E-state index contributed by atoms with van der Waals surface area (Å²) in [5.74, 6) is -3.99. The zero-order valence-electron chi connectivity index (χ0n) is 17.8. The number of hydrogen-bond donors (Lipinski definition) is 0. The fourth-order valence-electron chi connectivity index (χ4n) is 3.45. The van der Waals surface area contributed by atoms with Gasteiger partial charge in [0.15, 0.2) is 17.5 Å². The lowest BCUT2D eigenvalue weighted by Crippen LogP contribution is -2.41. The lowest BCUT2D eigenvalue weighted by atomic mass is 9.79. The molecule has 0 N–H and O–H groups in total. The van der Waals surface area contributed by atoms with Crippen molar-refractivity contribution in [3.8, 4) is 0 Å². The van der Waals surface area contributed by atoms with Crippen molar-refractivity contribution in [1.82, 2.24) is 0 Å². The van der Waals surface area contributed by atoms with E-state index >= 15 is 0 Å². The van der Waals surface area contributed by atoms with Gasteiger partial charge >= 0.3 is 7.12 Å². The molecule has 0 saturated carbocycles. The first kappa shape index (κ1) is 21.5. The van der Waals surface area contributed by atoms with Crippen LogP contribution in [0, 0.1) is 17.5 Å². The van der Waals surface area contributed by atoms with Crippen LogP contribution in [0.15, 0.2) is 66.7 Å². The van der Waals surface area contributed by atoms with Crippen LogP contribution in [0.25, 0.3) is 0 Å². The van der Waals surface area contributed by atoms with E-state index in [2.05, 4.69) is 0 Å². The number of anilines is 3. The minimum absolute atomic E-state index is 0.0894. The first-order valence-electron chi connectivity index (χ1n) is 10.0. The molecule has 160 valence electrons. The van der Waals surface area contributed by atoms with Crippen molar-refractivity contribution in [2.45, 2.75) is 38.9 Å². The molecule has 0 bridgehead atoms. The molecule has 0 atom stereocenters. The molecule has 0 aromatic heterocycles. The minimum Gasteiger partial charge on any atom is -0.399 e. The summed E-state index contributed by atoms with van der Waals surface area (Å²) >= 11 is 0. The lowest BCUT2D eigenvalue weighted by molar-refractivity contribution is 0.00578. The quantitative estimate of drug-likeness (QED) is 0.385. The Morgan fingerprint density at radius 3 is 1.81 bits per heavy atom. The molecule has 1 saturated heterocycles. The maximum atomic E-state index is 14.7. The van der Waals surface area contributed by atoms with E-state index in [0.29, 0.717) is 11.4 Å². The zero-order valence-corrected chi connectivity index (χ0v) is 17.8. The topological polar surface area (TPSA) is 21.7 Å². The van der Waals surface area contributed by atoms with E-state index in [1.807, 2.05) is 45.9 Å². The summed E-state index contributed by atoms with van der Waals surface area (Å²) in [4.78, 5) is 1.53. The lowest BCUT2D eigenvalue weighted by Gasteiger charge is -2.32. The van der Waals surface area contributed by atoms with Crippen molar-refractivity contribution in [2.75, 3.05) is 4.90 Å². The Morgan fingerprint density at radius 2 is 1.23 bits per heavy atom. The summed E-state index contributed by atoms with van der Waals surface area (Å²) in [6.07, 6.45) is 0. The molecule has 1 aliphatic rings. The molecule has 0 amide bonds. The Kier molecular flexibility index (Phi) is 5.35. The van der Waals surface area contributed by atoms with Gasteiger partial charge in [-0.3, -0.25) is 0 Å². The van der Waals surface area contributed by atoms with Crippen LogP contribution >= 0.6 is 0 Å². The third kappa shape index (κ3) is 3.84. The monoisotopic (exact) mass is 425 g/mol. The molecular weight excluding hydrogens is 402 g/mol. The predicted molar refractivity (Wildman–Crippen MR) is 117 cm³/mol. The van der Waals surface area contributed by atoms with E-state index in [0.717, 1.165) is 11.5 Å². The highest BCUT2D eigenvalue weighted by Gasteiger charge is 2.51. The largest absolute Gasteiger partial charge is 0.494 e. The first-order chi connectivity index (χ1) is 14.6. The molecule has 0 unspecified atom stereocenters. The Balaban J connectivity index is 1.73. The van der Waals surface area contributed by atoms with Gasteiger partial charge in [0.2, 0.25) is 0 Å². The van der Waals surface area contributed by atoms with Gasteiger partial charge in [0, 0.05) is 11.4 Å². The molecule has 0 radical (unpaired) electrons. The summed E-state index contributed by atoms with van der Waals surface area (Å²) in [5, 5.41) is 0. The SMILES string of the molecule is CC1(C)OB(c2ccc(N(c3ccccc3)c3ccc(F)c(F)c3F)cc2)OC1(C)C. The molecule has 7 heteroatoms. The van der Waals surface area contributed by atoms with Crippen molar-refractivity contribution < 1.29 is 22.5 Å². The molecule has 3 aromatic rings. The highest BCUT2D eigenvalue weighted by Crippen LogP contribution is 2.38. The van der Waals surface area contributed by atoms with Crippen LogP contribution < -0.4 is 10.4 Å². The summed E-state index contributed by atoms with van der Waals surface area (Å²) in [5.41, 5.74) is 0.962. The van der Waals surface area contributed by atoms with Gasteiger partial charge in [0.1, 0.15) is 0 Å². The zero-order chi connectivity index (χ0) is 22.4. The van der Waals surface area contributed by atoms with Gasteiger partial charge in [-0.05, 0) is 69.6 Å². The van der Waals surface area contributed by atoms with Crippen molar-refractivity contribution in [3.05, 3.63) is 84.2 Å². The molecule has 1 fully saturated rings. The van der Waals surface area contributed by atoms with Crippen molar-refractivity contribution in [3.63, 3.8) is 0 Å². The highest BCUT2D eigenvalue weighted by atomic mass is 19.2. The molecule has 4 rings (SSSR count). The third-order valence-corrected chi connectivity index (χ3v) is 5.95. The Labute approximate surface area is 180 Å². The second-order valence-electron chi connectivity index (χ2n) is 8.55. The van der Waals surface area contributed by atoms with Crippen LogP contribution in [0.2, 0.25) is 0 Å². The predicted octanol–water partition coefficient (Wildman–Crippen LogP) is 5.87. The van der Waals surface area contributed by atoms with Gasteiger partial charge in [-0.2, -0.15) is 0 Å². The van der Waals surface area contributed by atoms with Crippen LogP contribution in [0.5, 0.6) is 0 Å². The molecule has 31 heavy (non-hydrogen) atoms. The number of halogens is 3. The van der Waals surface area contributed by atoms with Gasteiger partial charge in [-0.1, -0.05) is 30.3 Å². The van der Waals surface area contributed by atoms with E-state index in [1.165, 1.54) is 11.0 Å². The number of rotatable bonds is 4. The number of hydrogen-bond acceptors (Lipinski definition) is 3. The normalized spacial score (nSPS) is 17.1. The van der Waals surface area contributed by atoms with Gasteiger partial charge in [-0.15, -0.1) is 0 Å². The smallest absolute Gasteiger partial charge is 0.399 e. The van der Waals surface area contributed by atoms with E-state index in [1.54, 1.807) is 36.4 Å². The third-order valence-electron chi connectivity index (χ3n) is 5.95. The second-order valence-corrected chi connectivity index (χ2v) is 8.55. The maximum absolute atomic E-state index is 14.7. The van der Waals surface area contributed by atoms with E-state index in [9.17, 15) is 13.2 Å². The van der Waals surface area contributed by atoms with Crippen LogP contribution in [0.3, 0.4) is 0 Å². The molecular formula is C24H23BF3NO2. The molecule has 0 spiro atoms. The minimum atomic E-state index is -1.51. The van der Waals surface area contributed by atoms with Gasteiger partial charge in [0.05, 0.1) is 16.9 Å². The molecule has 1 heterocycles. The Hall–Kier alpha value is -2.77. The molecule has 3 aromatic carbocycles. The number of para-hydroxylation sites is 1. The van der Waals surface area contributed by atoms with Gasteiger partial charge in [-0.25, -0.2) is 13.2 Å². The van der Waals surface area contributed by atoms with Crippen LogP contribution in [-0.4, -0.2) is 18.3 Å².